The third-order valence-electron chi connectivity index (χ3n) is 11.4. The van der Waals surface area contributed by atoms with Crippen molar-refractivity contribution >= 4 is 22.8 Å². The van der Waals surface area contributed by atoms with Gasteiger partial charge >= 0.3 is 0 Å². The summed E-state index contributed by atoms with van der Waals surface area (Å²) >= 11 is 0. The minimum atomic E-state index is 0. The van der Waals surface area contributed by atoms with Gasteiger partial charge in [0.1, 0.15) is 0 Å². The van der Waals surface area contributed by atoms with Crippen molar-refractivity contribution in [1.82, 2.24) is 0 Å². The zero-order valence-corrected chi connectivity index (χ0v) is 36.9. The molecule has 2 aromatic rings. The Bertz CT molecular complexity index is 1230. The summed E-state index contributed by atoms with van der Waals surface area (Å²) in [4.78, 5) is 10.6. The predicted octanol–water partition coefficient (Wildman–Crippen LogP) is 17.5. The minimum Gasteiger partial charge on any atom is -0.252 e. The van der Waals surface area contributed by atoms with E-state index >= 15 is 0 Å². The monoisotopic (exact) mass is 771 g/mol. The van der Waals surface area contributed by atoms with Crippen LogP contribution in [0.5, 0.6) is 0 Å². The maximum Gasteiger partial charge on any atom is 0.0636 e. The molecule has 0 bridgehead atoms. The number of hydrogen-bond acceptors (Lipinski definition) is 2. The molecule has 0 aliphatic heterocycles. The molecule has 0 radical (unpaired) electrons. The van der Waals surface area contributed by atoms with Gasteiger partial charge in [0.25, 0.3) is 0 Å². The van der Waals surface area contributed by atoms with E-state index < -0.39 is 0 Å². The Balaban J connectivity index is 0.0000140. The van der Waals surface area contributed by atoms with Crippen molar-refractivity contribution in [3.05, 3.63) is 58.7 Å². The molecule has 0 spiro atoms. The molecule has 0 fully saturated rings. The second-order valence-corrected chi connectivity index (χ2v) is 16.3. The number of aryl methyl sites for hydroxylation is 4. The Hall–Kier alpha value is -1.73. The normalized spacial score (nSPS) is 12.0. The maximum absolute atomic E-state index is 5.29. The van der Waals surface area contributed by atoms with Crippen LogP contribution in [0.1, 0.15) is 229 Å². The van der Waals surface area contributed by atoms with Crippen LogP contribution in [0.25, 0.3) is 0 Å². The summed E-state index contributed by atoms with van der Waals surface area (Å²) in [5, 5.41) is 0. The van der Waals surface area contributed by atoms with Gasteiger partial charge in [0.15, 0.2) is 0 Å². The standard InChI is InChI=1S/C50H84N2.Ni/c1-7-9-11-12-13-14-15-16-17-18-19-20-21-22-23-24-25-26-27-28-29-30-31-32-34-36-50(52-48-40-38-44(4)46(6)42-48)49(35-33-10-8-2)51-47-39-37-43(3)45(5)41-47;/h37-42H,7-36H2,1-6H3;. The van der Waals surface area contributed by atoms with Crippen LogP contribution in [0.4, 0.5) is 11.4 Å². The van der Waals surface area contributed by atoms with Crippen molar-refractivity contribution in [3.8, 4) is 0 Å². The number of nitrogens with zero attached hydrogens (tertiary/aromatic N) is 2. The average Bonchev–Trinajstić information content (AvgIpc) is 3.13. The molecule has 304 valence electrons. The van der Waals surface area contributed by atoms with Gasteiger partial charge in [-0.15, -0.1) is 0 Å². The number of unbranched alkanes of at least 4 members (excludes halogenated alkanes) is 26. The van der Waals surface area contributed by atoms with E-state index in [-0.39, 0.29) is 16.5 Å². The van der Waals surface area contributed by atoms with Gasteiger partial charge in [0.05, 0.1) is 22.8 Å². The van der Waals surface area contributed by atoms with Crippen LogP contribution < -0.4 is 0 Å². The van der Waals surface area contributed by atoms with E-state index in [1.165, 1.54) is 213 Å². The third-order valence-corrected chi connectivity index (χ3v) is 11.4. The first kappa shape index (κ1) is 49.3. The minimum absolute atomic E-state index is 0. The largest absolute Gasteiger partial charge is 0.252 e. The van der Waals surface area contributed by atoms with Gasteiger partial charge in [-0.1, -0.05) is 193 Å². The first-order valence-electron chi connectivity index (χ1n) is 22.7. The molecule has 3 heteroatoms. The van der Waals surface area contributed by atoms with Crippen molar-refractivity contribution in [2.24, 2.45) is 9.98 Å². The van der Waals surface area contributed by atoms with E-state index in [1.54, 1.807) is 0 Å². The zero-order chi connectivity index (χ0) is 37.5. The summed E-state index contributed by atoms with van der Waals surface area (Å²) < 4.78 is 0. The molecule has 0 heterocycles. The van der Waals surface area contributed by atoms with Crippen LogP contribution in [0.2, 0.25) is 0 Å². The molecule has 0 atom stereocenters. The SMILES string of the molecule is CCCCCCCCCCCCCCCCCCCCCCCCCCCC(=Nc1ccc(C)c(C)c1)C(CCCCC)=Nc1ccc(C)c(C)c1.[Ni]. The fourth-order valence-electron chi connectivity index (χ4n) is 7.41. The van der Waals surface area contributed by atoms with Gasteiger partial charge in [0, 0.05) is 16.5 Å². The van der Waals surface area contributed by atoms with Crippen molar-refractivity contribution in [2.45, 2.75) is 234 Å². The Morgan fingerprint density at radius 2 is 0.585 bits per heavy atom. The summed E-state index contributed by atoms with van der Waals surface area (Å²) in [6, 6.07) is 13.3. The molecule has 0 aromatic heterocycles. The van der Waals surface area contributed by atoms with Crippen molar-refractivity contribution < 1.29 is 16.5 Å². The van der Waals surface area contributed by atoms with Gasteiger partial charge < -0.3 is 0 Å². The van der Waals surface area contributed by atoms with Crippen molar-refractivity contribution in [2.75, 3.05) is 0 Å². The number of rotatable bonds is 33. The van der Waals surface area contributed by atoms with E-state index in [0.717, 1.165) is 24.2 Å². The first-order valence-corrected chi connectivity index (χ1v) is 22.7. The Morgan fingerprint density at radius 1 is 0.340 bits per heavy atom. The quantitative estimate of drug-likeness (QED) is 0.0392. The van der Waals surface area contributed by atoms with E-state index in [9.17, 15) is 0 Å². The average molecular weight is 772 g/mol. The molecular weight excluding hydrogens is 687 g/mol. The van der Waals surface area contributed by atoms with Gasteiger partial charge in [-0.3, -0.25) is 9.98 Å². The van der Waals surface area contributed by atoms with E-state index in [0.29, 0.717) is 0 Å². The molecule has 2 nitrogen and oxygen atoms in total. The summed E-state index contributed by atoms with van der Waals surface area (Å²) in [6.07, 6.45) is 41.4. The van der Waals surface area contributed by atoms with Crippen LogP contribution in [0.15, 0.2) is 46.4 Å². The summed E-state index contributed by atoms with van der Waals surface area (Å²) in [5.41, 5.74) is 9.80. The molecule has 0 aliphatic rings. The Labute approximate surface area is 340 Å². The molecule has 0 amide bonds. The zero-order valence-electron chi connectivity index (χ0n) is 35.9. The van der Waals surface area contributed by atoms with Crippen LogP contribution in [0.3, 0.4) is 0 Å². The van der Waals surface area contributed by atoms with Gasteiger partial charge in [0.2, 0.25) is 0 Å². The van der Waals surface area contributed by atoms with Gasteiger partial charge in [-0.25, -0.2) is 0 Å². The molecule has 2 rings (SSSR count). The smallest absolute Gasteiger partial charge is 0.0636 e. The summed E-state index contributed by atoms with van der Waals surface area (Å²) in [5.74, 6) is 0. The van der Waals surface area contributed by atoms with Crippen molar-refractivity contribution in [3.63, 3.8) is 0 Å². The number of hydrogen-bond donors (Lipinski definition) is 0. The predicted molar refractivity (Wildman–Crippen MR) is 236 cm³/mol. The molecule has 0 saturated carbocycles. The maximum atomic E-state index is 5.29. The first-order chi connectivity index (χ1) is 25.4. The van der Waals surface area contributed by atoms with Crippen LogP contribution in [-0.2, 0) is 16.5 Å². The van der Waals surface area contributed by atoms with Gasteiger partial charge in [-0.05, 0) is 99.9 Å². The number of benzene rings is 2. The fraction of sp³-hybridized carbons (Fsp3) is 0.720. The molecule has 0 saturated heterocycles. The second kappa shape index (κ2) is 33.6. The molecule has 2 aromatic carbocycles. The molecular formula is C50H84N2Ni. The van der Waals surface area contributed by atoms with Gasteiger partial charge in [-0.2, -0.15) is 0 Å². The van der Waals surface area contributed by atoms with Crippen LogP contribution in [-0.4, -0.2) is 11.4 Å². The van der Waals surface area contributed by atoms with E-state index in [1.807, 2.05) is 0 Å². The Kier molecular flexibility index (Phi) is 31.2. The summed E-state index contributed by atoms with van der Waals surface area (Å²) in [7, 11) is 0. The molecule has 53 heavy (non-hydrogen) atoms. The van der Waals surface area contributed by atoms with E-state index in [4.69, 9.17) is 9.98 Å². The van der Waals surface area contributed by atoms with Crippen LogP contribution in [0, 0.1) is 27.7 Å². The fourth-order valence-corrected chi connectivity index (χ4v) is 7.41. The molecule has 0 N–H and O–H groups in total. The second-order valence-electron chi connectivity index (χ2n) is 16.3. The van der Waals surface area contributed by atoms with Crippen LogP contribution >= 0.6 is 0 Å². The van der Waals surface area contributed by atoms with E-state index in [2.05, 4.69) is 77.9 Å². The Morgan fingerprint density at radius 3 is 0.868 bits per heavy atom. The molecule has 0 aliphatic carbocycles. The summed E-state index contributed by atoms with van der Waals surface area (Å²) in [6.45, 7) is 13.3. The topological polar surface area (TPSA) is 24.7 Å². The van der Waals surface area contributed by atoms with Crippen molar-refractivity contribution in [1.29, 1.82) is 0 Å². The third kappa shape index (κ3) is 25.1. The number of aliphatic imine (C=N–C) groups is 2. The molecule has 0 unspecified atom stereocenters.